The molecule has 6 aromatic carbocycles. The standard InChI is InChI=1S/C41H34N2O/c1-27-9-5-13-31(21-27)42(32-14-6-10-28(2)22-32)35-17-19-37-38-20-18-36(26-40(38)41(44)39(37)25-35)43(33-15-7-11-29(3)23-33)34-16-8-12-30(4)24-34/h5-26H,1-4H3. The van der Waals surface area contributed by atoms with Crippen LogP contribution in [0.15, 0.2) is 133 Å². The third-order valence-corrected chi connectivity index (χ3v) is 8.34. The van der Waals surface area contributed by atoms with Crippen molar-refractivity contribution >= 4 is 39.9 Å². The number of benzene rings is 6. The van der Waals surface area contributed by atoms with Crippen molar-refractivity contribution in [2.24, 2.45) is 0 Å². The summed E-state index contributed by atoms with van der Waals surface area (Å²) in [6.07, 6.45) is 0. The third kappa shape index (κ3) is 4.97. The van der Waals surface area contributed by atoms with Gasteiger partial charge in [0.2, 0.25) is 0 Å². The quantitative estimate of drug-likeness (QED) is 0.199. The Kier molecular flexibility index (Phi) is 6.87. The number of carbonyl (C=O) groups is 1. The number of anilines is 6. The minimum absolute atomic E-state index is 0.0561. The lowest BCUT2D eigenvalue weighted by molar-refractivity contribution is 0.104. The summed E-state index contributed by atoms with van der Waals surface area (Å²) in [5, 5.41) is 0. The van der Waals surface area contributed by atoms with Crippen LogP contribution in [0, 0.1) is 27.7 Å². The molecule has 0 bridgehead atoms. The molecule has 0 aliphatic heterocycles. The van der Waals surface area contributed by atoms with Gasteiger partial charge in [-0.15, -0.1) is 0 Å². The number of nitrogens with zero attached hydrogens (tertiary/aromatic N) is 2. The van der Waals surface area contributed by atoms with Crippen molar-refractivity contribution in [2.75, 3.05) is 9.80 Å². The molecule has 0 atom stereocenters. The van der Waals surface area contributed by atoms with Gasteiger partial charge in [0.1, 0.15) is 0 Å². The van der Waals surface area contributed by atoms with Crippen LogP contribution in [0.5, 0.6) is 0 Å². The van der Waals surface area contributed by atoms with Gasteiger partial charge in [-0.05, 0) is 134 Å². The minimum Gasteiger partial charge on any atom is -0.310 e. The molecule has 44 heavy (non-hydrogen) atoms. The Bertz CT molecular complexity index is 1820. The normalized spacial score (nSPS) is 11.7. The van der Waals surface area contributed by atoms with Crippen LogP contribution >= 0.6 is 0 Å². The lowest BCUT2D eigenvalue weighted by Crippen LogP contribution is -2.11. The van der Waals surface area contributed by atoms with Gasteiger partial charge in [0.05, 0.1) is 0 Å². The minimum atomic E-state index is 0.0561. The van der Waals surface area contributed by atoms with E-state index >= 15 is 0 Å². The van der Waals surface area contributed by atoms with Gasteiger partial charge in [-0.1, -0.05) is 60.7 Å². The molecule has 0 heterocycles. The summed E-state index contributed by atoms with van der Waals surface area (Å²) in [5.74, 6) is 0.0561. The molecule has 0 fully saturated rings. The molecular weight excluding hydrogens is 536 g/mol. The summed E-state index contributed by atoms with van der Waals surface area (Å²) in [7, 11) is 0. The van der Waals surface area contributed by atoms with Crippen LogP contribution in [0.4, 0.5) is 34.1 Å². The maximum atomic E-state index is 14.2. The first-order valence-corrected chi connectivity index (χ1v) is 15.1. The molecule has 6 aromatic rings. The fourth-order valence-electron chi connectivity index (χ4n) is 6.30. The van der Waals surface area contributed by atoms with E-state index in [1.165, 1.54) is 22.3 Å². The van der Waals surface area contributed by atoms with Crippen molar-refractivity contribution in [3.63, 3.8) is 0 Å². The molecule has 214 valence electrons. The number of fused-ring (bicyclic) bond motifs is 3. The van der Waals surface area contributed by atoms with Gasteiger partial charge >= 0.3 is 0 Å². The van der Waals surface area contributed by atoms with Crippen molar-refractivity contribution in [1.82, 2.24) is 0 Å². The summed E-state index contributed by atoms with van der Waals surface area (Å²) in [6, 6.07) is 46.6. The zero-order valence-electron chi connectivity index (χ0n) is 25.5. The molecule has 0 saturated heterocycles. The van der Waals surface area contributed by atoms with Crippen LogP contribution in [-0.2, 0) is 0 Å². The van der Waals surface area contributed by atoms with Crippen molar-refractivity contribution < 1.29 is 4.79 Å². The average Bonchev–Trinajstić information content (AvgIpc) is 3.28. The Hall–Kier alpha value is -5.41. The fraction of sp³-hybridized carbons (Fsp3) is 0.0976. The summed E-state index contributed by atoms with van der Waals surface area (Å²) in [5.41, 5.74) is 14.3. The third-order valence-electron chi connectivity index (χ3n) is 8.34. The summed E-state index contributed by atoms with van der Waals surface area (Å²) < 4.78 is 0. The average molecular weight is 571 g/mol. The summed E-state index contributed by atoms with van der Waals surface area (Å²) in [4.78, 5) is 18.6. The summed E-state index contributed by atoms with van der Waals surface area (Å²) >= 11 is 0. The van der Waals surface area contributed by atoms with Crippen LogP contribution in [0.3, 0.4) is 0 Å². The number of aryl methyl sites for hydroxylation is 4. The highest BCUT2D eigenvalue weighted by molar-refractivity contribution is 6.22. The molecule has 0 saturated carbocycles. The first kappa shape index (κ1) is 27.4. The second kappa shape index (κ2) is 11.0. The number of hydrogen-bond acceptors (Lipinski definition) is 3. The molecule has 0 N–H and O–H groups in total. The highest BCUT2D eigenvalue weighted by Crippen LogP contribution is 2.45. The van der Waals surface area contributed by atoms with E-state index in [0.29, 0.717) is 0 Å². The lowest BCUT2D eigenvalue weighted by Gasteiger charge is -2.26. The molecular formula is C41H34N2O. The topological polar surface area (TPSA) is 23.6 Å². The van der Waals surface area contributed by atoms with Gasteiger partial charge in [0.25, 0.3) is 0 Å². The van der Waals surface area contributed by atoms with Crippen molar-refractivity contribution in [1.29, 1.82) is 0 Å². The molecule has 1 aliphatic carbocycles. The number of hydrogen-bond donors (Lipinski definition) is 0. The van der Waals surface area contributed by atoms with Gasteiger partial charge in [-0.2, -0.15) is 0 Å². The smallest absolute Gasteiger partial charge is 0.194 e. The zero-order valence-corrected chi connectivity index (χ0v) is 25.5. The predicted octanol–water partition coefficient (Wildman–Crippen LogP) is 11.1. The van der Waals surface area contributed by atoms with E-state index < -0.39 is 0 Å². The van der Waals surface area contributed by atoms with E-state index in [1.807, 2.05) is 0 Å². The Morgan fingerprint density at radius 1 is 0.341 bits per heavy atom. The molecule has 0 amide bonds. The molecule has 3 heteroatoms. The SMILES string of the molecule is Cc1cccc(N(c2cccc(C)c2)c2ccc3c(c2)C(=O)c2cc(N(c4cccc(C)c4)c4cccc(C)c4)ccc2-3)c1. The van der Waals surface area contributed by atoms with Gasteiger partial charge in [0.15, 0.2) is 5.78 Å². The maximum absolute atomic E-state index is 14.2. The predicted molar refractivity (Wildman–Crippen MR) is 184 cm³/mol. The van der Waals surface area contributed by atoms with E-state index in [2.05, 4.69) is 171 Å². The number of ketones is 1. The molecule has 1 aliphatic rings. The zero-order chi connectivity index (χ0) is 30.4. The first-order chi connectivity index (χ1) is 21.4. The van der Waals surface area contributed by atoms with E-state index in [-0.39, 0.29) is 5.78 Å². The van der Waals surface area contributed by atoms with Crippen molar-refractivity contribution in [2.45, 2.75) is 27.7 Å². The van der Waals surface area contributed by atoms with Crippen molar-refractivity contribution in [3.05, 3.63) is 167 Å². The Labute approximate surface area is 259 Å². The van der Waals surface area contributed by atoms with Gasteiger partial charge in [0, 0.05) is 45.3 Å². The van der Waals surface area contributed by atoms with E-state index in [1.54, 1.807) is 0 Å². The Balaban J connectivity index is 1.32. The molecule has 7 rings (SSSR count). The van der Waals surface area contributed by atoms with Gasteiger partial charge < -0.3 is 9.80 Å². The second-order valence-electron chi connectivity index (χ2n) is 11.8. The van der Waals surface area contributed by atoms with Crippen LogP contribution in [0.1, 0.15) is 38.2 Å². The highest BCUT2D eigenvalue weighted by Gasteiger charge is 2.29. The molecule has 0 spiro atoms. The Morgan fingerprint density at radius 3 is 0.932 bits per heavy atom. The van der Waals surface area contributed by atoms with E-state index in [4.69, 9.17) is 0 Å². The molecule has 3 nitrogen and oxygen atoms in total. The lowest BCUT2D eigenvalue weighted by atomic mass is 10.0. The first-order valence-electron chi connectivity index (χ1n) is 15.1. The number of carbonyl (C=O) groups excluding carboxylic acids is 1. The van der Waals surface area contributed by atoms with E-state index in [0.717, 1.165) is 56.4 Å². The van der Waals surface area contributed by atoms with Gasteiger partial charge in [-0.25, -0.2) is 0 Å². The van der Waals surface area contributed by atoms with Crippen molar-refractivity contribution in [3.8, 4) is 11.1 Å². The van der Waals surface area contributed by atoms with Gasteiger partial charge in [-0.3, -0.25) is 4.79 Å². The highest BCUT2D eigenvalue weighted by atomic mass is 16.1. The number of rotatable bonds is 6. The monoisotopic (exact) mass is 570 g/mol. The second-order valence-corrected chi connectivity index (χ2v) is 11.8. The molecule has 0 radical (unpaired) electrons. The largest absolute Gasteiger partial charge is 0.310 e. The fourth-order valence-corrected chi connectivity index (χ4v) is 6.30. The van der Waals surface area contributed by atoms with Crippen LogP contribution < -0.4 is 9.80 Å². The summed E-state index contributed by atoms with van der Waals surface area (Å²) in [6.45, 7) is 8.43. The Morgan fingerprint density at radius 2 is 0.636 bits per heavy atom. The van der Waals surface area contributed by atoms with Crippen LogP contribution in [0.2, 0.25) is 0 Å². The van der Waals surface area contributed by atoms with Crippen LogP contribution in [0.25, 0.3) is 11.1 Å². The molecule has 0 unspecified atom stereocenters. The van der Waals surface area contributed by atoms with Crippen LogP contribution in [-0.4, -0.2) is 5.78 Å². The molecule has 0 aromatic heterocycles. The maximum Gasteiger partial charge on any atom is 0.194 e. The van der Waals surface area contributed by atoms with E-state index in [9.17, 15) is 4.79 Å².